The summed E-state index contributed by atoms with van der Waals surface area (Å²) in [7, 11) is 0. The number of nitrogens with one attached hydrogen (secondary N) is 1. The molecule has 2 amide bonds. The molecule has 5 nitrogen and oxygen atoms in total. The van der Waals surface area contributed by atoms with E-state index < -0.39 is 12.0 Å². The van der Waals surface area contributed by atoms with Crippen molar-refractivity contribution in [3.63, 3.8) is 0 Å². The lowest BCUT2D eigenvalue weighted by molar-refractivity contribution is -0.124. The van der Waals surface area contributed by atoms with Crippen molar-refractivity contribution in [1.82, 2.24) is 10.2 Å². The minimum absolute atomic E-state index is 0.0254. The van der Waals surface area contributed by atoms with Crippen LogP contribution in [0.2, 0.25) is 0 Å². The van der Waals surface area contributed by atoms with Gasteiger partial charge in [0.1, 0.15) is 0 Å². The molecule has 2 aliphatic rings. The molecule has 2 N–H and O–H groups in total. The highest BCUT2D eigenvalue weighted by molar-refractivity contribution is 6.01. The van der Waals surface area contributed by atoms with E-state index in [2.05, 4.69) is 31.3 Å². The van der Waals surface area contributed by atoms with Crippen LogP contribution in [0.5, 0.6) is 0 Å². The number of aliphatic hydroxyl groups excluding tert-OH is 1. The van der Waals surface area contributed by atoms with E-state index in [1.54, 1.807) is 0 Å². The van der Waals surface area contributed by atoms with Crippen LogP contribution in [0.1, 0.15) is 64.0 Å². The molecular weight excluding hydrogens is 436 g/mol. The number of carbonyl (C=O) groups excluding carboxylic acids is 2. The maximum Gasteiger partial charge on any atom is 0.254 e. The Balaban J connectivity index is 1.63. The van der Waals surface area contributed by atoms with Crippen LogP contribution < -0.4 is 5.32 Å². The molecule has 3 aromatic rings. The first kappa shape index (κ1) is 23.3. The van der Waals surface area contributed by atoms with Crippen molar-refractivity contribution < 1.29 is 14.7 Å². The molecule has 1 aliphatic heterocycles. The van der Waals surface area contributed by atoms with Gasteiger partial charge in [0, 0.05) is 18.2 Å². The smallest absolute Gasteiger partial charge is 0.254 e. The average Bonchev–Trinajstić information content (AvgIpc) is 3.31. The van der Waals surface area contributed by atoms with Gasteiger partial charge in [-0.05, 0) is 52.6 Å². The van der Waals surface area contributed by atoms with E-state index in [0.717, 1.165) is 29.5 Å². The van der Waals surface area contributed by atoms with Crippen molar-refractivity contribution in [2.24, 2.45) is 5.92 Å². The molecule has 0 bridgehead atoms. The largest absolute Gasteiger partial charge is 0.392 e. The highest BCUT2D eigenvalue weighted by Gasteiger charge is 2.47. The number of hydrogen-bond donors (Lipinski definition) is 2. The van der Waals surface area contributed by atoms with Crippen molar-refractivity contribution >= 4 is 11.8 Å². The maximum atomic E-state index is 14.1. The van der Waals surface area contributed by atoms with Crippen LogP contribution in [-0.4, -0.2) is 34.4 Å². The second-order valence-corrected chi connectivity index (χ2v) is 10.1. The molecule has 0 saturated heterocycles. The van der Waals surface area contributed by atoms with Gasteiger partial charge in [-0.25, -0.2) is 0 Å². The van der Waals surface area contributed by atoms with E-state index >= 15 is 0 Å². The van der Waals surface area contributed by atoms with Crippen LogP contribution in [0.15, 0.2) is 72.8 Å². The Morgan fingerprint density at radius 2 is 1.60 bits per heavy atom. The molecule has 5 rings (SSSR count). The summed E-state index contributed by atoms with van der Waals surface area (Å²) in [6.45, 7) is 4.68. The maximum absolute atomic E-state index is 14.1. The Labute approximate surface area is 206 Å². The number of hydrogen-bond acceptors (Lipinski definition) is 3. The molecule has 35 heavy (non-hydrogen) atoms. The van der Waals surface area contributed by atoms with Crippen LogP contribution >= 0.6 is 0 Å². The third-order valence-corrected chi connectivity index (χ3v) is 7.27. The fourth-order valence-electron chi connectivity index (χ4n) is 5.56. The first-order chi connectivity index (χ1) is 17.0. The molecule has 0 radical (unpaired) electrons. The van der Waals surface area contributed by atoms with Gasteiger partial charge >= 0.3 is 0 Å². The zero-order valence-corrected chi connectivity index (χ0v) is 20.3. The van der Waals surface area contributed by atoms with Gasteiger partial charge in [-0.2, -0.15) is 0 Å². The number of benzene rings is 3. The Morgan fingerprint density at radius 3 is 2.23 bits per heavy atom. The van der Waals surface area contributed by atoms with Crippen LogP contribution in [0, 0.1) is 5.92 Å². The van der Waals surface area contributed by atoms with Gasteiger partial charge in [-0.1, -0.05) is 80.6 Å². The first-order valence-corrected chi connectivity index (χ1v) is 12.4. The lowest BCUT2D eigenvalue weighted by atomic mass is 9.78. The summed E-state index contributed by atoms with van der Waals surface area (Å²) in [4.78, 5) is 29.8. The van der Waals surface area contributed by atoms with E-state index in [9.17, 15) is 14.7 Å². The van der Waals surface area contributed by atoms with E-state index in [4.69, 9.17) is 0 Å². The van der Waals surface area contributed by atoms with Gasteiger partial charge in [0.15, 0.2) is 0 Å². The van der Waals surface area contributed by atoms with Crippen molar-refractivity contribution in [1.29, 1.82) is 0 Å². The molecule has 180 valence electrons. The molecule has 0 aromatic heterocycles. The van der Waals surface area contributed by atoms with E-state index in [1.165, 1.54) is 11.1 Å². The average molecular weight is 469 g/mol. The summed E-state index contributed by atoms with van der Waals surface area (Å²) in [5.74, 6) is -0.286. The first-order valence-electron chi connectivity index (χ1n) is 12.4. The quantitative estimate of drug-likeness (QED) is 0.563. The Bertz CT molecular complexity index is 1210. The van der Waals surface area contributed by atoms with E-state index in [-0.39, 0.29) is 24.5 Å². The lowest BCUT2D eigenvalue weighted by Crippen LogP contribution is -2.52. The summed E-state index contributed by atoms with van der Waals surface area (Å²) < 4.78 is 0. The van der Waals surface area contributed by atoms with Crippen LogP contribution in [0.4, 0.5) is 0 Å². The summed E-state index contributed by atoms with van der Waals surface area (Å²) in [5, 5.41) is 12.7. The molecular formula is C30H32N2O3. The normalized spacial score (nSPS) is 19.5. The third-order valence-electron chi connectivity index (χ3n) is 7.27. The van der Waals surface area contributed by atoms with Crippen molar-refractivity contribution in [3.05, 3.63) is 106 Å². The predicted octanol–water partition coefficient (Wildman–Crippen LogP) is 4.40. The number of nitrogens with zero attached hydrogens (tertiary/aromatic N) is 1. The van der Waals surface area contributed by atoms with E-state index in [1.807, 2.05) is 65.6 Å². The standard InChI is InChI=1S/C30H32N2O3/c1-19(2)17-31-29(34)27-25-9-5-6-10-26(25)30(35)32(24-15-22-7-3-4-8-23(22)16-24)28(27)21-13-11-20(18-33)12-14-21/h3-14,19,24,27-28,33H,15-18H2,1-2H3,(H,31,34)/t27-,28+/m1/s1. The number of carbonyl (C=O) groups is 2. The van der Waals surface area contributed by atoms with Crippen LogP contribution in [0.3, 0.4) is 0 Å². The van der Waals surface area contributed by atoms with Gasteiger partial charge in [0.05, 0.1) is 18.6 Å². The predicted molar refractivity (Wildman–Crippen MR) is 136 cm³/mol. The van der Waals surface area contributed by atoms with Gasteiger partial charge in [-0.15, -0.1) is 0 Å². The molecule has 2 atom stereocenters. The molecule has 0 unspecified atom stereocenters. The molecule has 0 spiro atoms. The van der Waals surface area contributed by atoms with Crippen LogP contribution in [0.25, 0.3) is 0 Å². The molecule has 1 heterocycles. The zero-order valence-electron chi connectivity index (χ0n) is 20.3. The Morgan fingerprint density at radius 1 is 0.971 bits per heavy atom. The lowest BCUT2D eigenvalue weighted by Gasteiger charge is -2.45. The summed E-state index contributed by atoms with van der Waals surface area (Å²) in [5.41, 5.74) is 5.62. The van der Waals surface area contributed by atoms with Gasteiger partial charge in [0.25, 0.3) is 5.91 Å². The molecule has 0 fully saturated rings. The number of amides is 2. The molecule has 3 aromatic carbocycles. The van der Waals surface area contributed by atoms with E-state index in [0.29, 0.717) is 18.0 Å². The molecule has 0 saturated carbocycles. The summed E-state index contributed by atoms with van der Waals surface area (Å²) in [6, 6.07) is 23.1. The minimum Gasteiger partial charge on any atom is -0.392 e. The highest BCUT2D eigenvalue weighted by Crippen LogP contribution is 2.45. The molecule has 5 heteroatoms. The summed E-state index contributed by atoms with van der Waals surface area (Å²) >= 11 is 0. The number of aliphatic hydroxyl groups is 1. The monoisotopic (exact) mass is 468 g/mol. The third kappa shape index (κ3) is 4.37. The topological polar surface area (TPSA) is 69.6 Å². The minimum atomic E-state index is -0.522. The zero-order chi connectivity index (χ0) is 24.5. The van der Waals surface area contributed by atoms with Crippen LogP contribution in [-0.2, 0) is 24.2 Å². The van der Waals surface area contributed by atoms with Gasteiger partial charge in [-0.3, -0.25) is 9.59 Å². The SMILES string of the molecule is CC(C)CNC(=O)[C@@H]1c2ccccc2C(=O)N(C2Cc3ccccc3C2)[C@H]1c1ccc(CO)cc1. The fourth-order valence-corrected chi connectivity index (χ4v) is 5.56. The molecule has 1 aliphatic carbocycles. The van der Waals surface area contributed by atoms with Crippen molar-refractivity contribution in [3.8, 4) is 0 Å². The number of rotatable bonds is 6. The summed E-state index contributed by atoms with van der Waals surface area (Å²) in [6.07, 6.45) is 1.55. The van der Waals surface area contributed by atoms with Crippen molar-refractivity contribution in [2.75, 3.05) is 6.54 Å². The van der Waals surface area contributed by atoms with Gasteiger partial charge < -0.3 is 15.3 Å². The van der Waals surface area contributed by atoms with Gasteiger partial charge in [0.2, 0.25) is 5.91 Å². The second kappa shape index (κ2) is 9.67. The highest BCUT2D eigenvalue weighted by atomic mass is 16.3. The second-order valence-electron chi connectivity index (χ2n) is 10.1. The van der Waals surface area contributed by atoms with Crippen molar-refractivity contribution in [2.45, 2.75) is 51.3 Å². The number of fused-ring (bicyclic) bond motifs is 2. The Hall–Kier alpha value is -3.44. The fraction of sp³-hybridized carbons (Fsp3) is 0.333. The Kier molecular flexibility index (Phi) is 6.44.